The molecule has 0 saturated heterocycles. The number of halogens is 3. The first kappa shape index (κ1) is 16.1. The Hall–Kier alpha value is -1.95. The van der Waals surface area contributed by atoms with Crippen molar-refractivity contribution in [1.29, 1.82) is 0 Å². The number of hydrogen-bond donors (Lipinski definition) is 1. The van der Waals surface area contributed by atoms with E-state index in [4.69, 9.17) is 5.02 Å². The summed E-state index contributed by atoms with van der Waals surface area (Å²) in [6.45, 7) is 2.08. The second-order valence-corrected chi connectivity index (χ2v) is 3.95. The molecule has 0 atom stereocenters. The highest BCUT2D eigenvalue weighted by Gasteiger charge is 2.29. The fraction of sp³-hybridized carbons (Fsp3) is 0.143. The molecule has 0 aliphatic rings. The summed E-state index contributed by atoms with van der Waals surface area (Å²) in [5, 5.41) is 8.30. The molecule has 6 heteroatoms. The van der Waals surface area contributed by atoms with E-state index in [1.54, 1.807) is 0 Å². The zero-order valence-electron chi connectivity index (χ0n) is 10.9. The van der Waals surface area contributed by atoms with Crippen molar-refractivity contribution < 1.29 is 22.8 Å². The van der Waals surface area contributed by atoms with Gasteiger partial charge >= 0.3 is 13.9 Å². The molecule has 106 valence electrons. The average Bonchev–Trinajstić information content (AvgIpc) is 2.40. The van der Waals surface area contributed by atoms with Crippen molar-refractivity contribution in [2.24, 2.45) is 0 Å². The summed E-state index contributed by atoms with van der Waals surface area (Å²) in [7, 11) is -0.550. The summed E-state index contributed by atoms with van der Waals surface area (Å²) in [4.78, 5) is 0. The van der Waals surface area contributed by atoms with Gasteiger partial charge in [-0.15, -0.1) is 0 Å². The lowest BCUT2D eigenvalue weighted by Crippen LogP contribution is -2.05. The Bertz CT molecular complexity index is 498. The van der Waals surface area contributed by atoms with E-state index >= 15 is 0 Å². The van der Waals surface area contributed by atoms with Crippen LogP contribution in [0.4, 0.5) is 13.2 Å². The van der Waals surface area contributed by atoms with E-state index in [-0.39, 0.29) is 5.75 Å². The molecule has 2 nitrogen and oxygen atoms in total. The van der Waals surface area contributed by atoms with Gasteiger partial charge in [0.1, 0.15) is 5.75 Å². The molecule has 20 heavy (non-hydrogen) atoms. The van der Waals surface area contributed by atoms with Crippen molar-refractivity contribution in [2.75, 3.05) is 0 Å². The van der Waals surface area contributed by atoms with E-state index in [0.717, 1.165) is 24.3 Å². The second kappa shape index (κ2) is 7.60. The van der Waals surface area contributed by atoms with Crippen molar-refractivity contribution >= 4 is 7.69 Å². The third kappa shape index (κ3) is 5.80. The summed E-state index contributed by atoms with van der Waals surface area (Å²) in [6.07, 6.45) is -4.34. The number of hydrogen-bond acceptors (Lipinski definition) is 2. The first-order chi connectivity index (χ1) is 9.43. The Balaban J connectivity index is 0.000000240. The van der Waals surface area contributed by atoms with Gasteiger partial charge in [0.2, 0.25) is 0 Å². The molecule has 0 aromatic heterocycles. The van der Waals surface area contributed by atoms with Gasteiger partial charge in [0, 0.05) is 0 Å². The molecule has 0 saturated carbocycles. The van der Waals surface area contributed by atoms with Crippen molar-refractivity contribution in [3.05, 3.63) is 65.7 Å². The molecular weight excluding hydrogens is 268 g/mol. The minimum Gasteiger partial charge on any atom is -0.539 e. The minimum absolute atomic E-state index is 0.204. The Kier molecular flexibility index (Phi) is 6.12. The zero-order valence-corrected chi connectivity index (χ0v) is 10.9. The third-order valence-electron chi connectivity index (χ3n) is 2.35. The van der Waals surface area contributed by atoms with Gasteiger partial charge in [-0.05, 0) is 31.2 Å². The van der Waals surface area contributed by atoms with Gasteiger partial charge in [-0.25, -0.2) is 0 Å². The molecule has 2 aromatic rings. The van der Waals surface area contributed by atoms with Crippen LogP contribution in [0.1, 0.15) is 11.1 Å². The highest BCUT2D eigenvalue weighted by molar-refractivity contribution is 6.17. The first-order valence-electron chi connectivity index (χ1n) is 5.86. The molecule has 2 aromatic carbocycles. The summed E-state index contributed by atoms with van der Waals surface area (Å²) in [6, 6.07) is 14.4. The van der Waals surface area contributed by atoms with Gasteiger partial charge in [-0.1, -0.05) is 35.9 Å². The van der Waals surface area contributed by atoms with E-state index in [9.17, 15) is 13.2 Å². The summed E-state index contributed by atoms with van der Waals surface area (Å²) < 4.78 is 40.6. The number of rotatable bonds is 2. The number of aryl methyl sites for hydroxylation is 1. The second-order valence-electron chi connectivity index (χ2n) is 3.95. The van der Waals surface area contributed by atoms with Gasteiger partial charge in [-0.2, -0.15) is 13.2 Å². The normalized spacial score (nSPS) is 10.2. The van der Waals surface area contributed by atoms with E-state index in [2.05, 4.69) is 23.7 Å². The standard InChI is InChI=1S/C7H6BF3O2.C7H8/c9-7(10,11)5-1-3-6(4-2-5)13-8-12;1-7-5-3-2-4-6-7/h1-4,8,12H;2-6H,1H3. The third-order valence-corrected chi connectivity index (χ3v) is 2.35. The summed E-state index contributed by atoms with van der Waals surface area (Å²) in [5.74, 6) is 0.204. The molecule has 0 amide bonds. The van der Waals surface area contributed by atoms with Gasteiger partial charge in [0.25, 0.3) is 0 Å². The SMILES string of the molecule is Cc1ccccc1.OBOc1ccc(C(F)(F)F)cc1. The van der Waals surface area contributed by atoms with Crippen LogP contribution in [-0.2, 0) is 6.18 Å². The quantitative estimate of drug-likeness (QED) is 0.856. The Morgan fingerprint density at radius 1 is 0.950 bits per heavy atom. The first-order valence-corrected chi connectivity index (χ1v) is 5.86. The molecule has 1 N–H and O–H groups in total. The van der Waals surface area contributed by atoms with E-state index < -0.39 is 19.4 Å². The minimum atomic E-state index is -4.34. The summed E-state index contributed by atoms with van der Waals surface area (Å²) in [5.41, 5.74) is 0.584. The highest BCUT2D eigenvalue weighted by Crippen LogP contribution is 2.30. The molecule has 0 unspecified atom stereocenters. The fourth-order valence-electron chi connectivity index (χ4n) is 1.35. The van der Waals surface area contributed by atoms with Crippen molar-refractivity contribution in [1.82, 2.24) is 0 Å². The highest BCUT2D eigenvalue weighted by atomic mass is 19.4. The maximum absolute atomic E-state index is 12.0. The van der Waals surface area contributed by atoms with Crippen molar-refractivity contribution in [3.8, 4) is 5.75 Å². The summed E-state index contributed by atoms with van der Waals surface area (Å²) >= 11 is 0. The van der Waals surface area contributed by atoms with Gasteiger partial charge in [-0.3, -0.25) is 0 Å². The van der Waals surface area contributed by atoms with Crippen LogP contribution in [0.15, 0.2) is 54.6 Å². The molecule has 0 bridgehead atoms. The molecule has 0 radical (unpaired) electrons. The lowest BCUT2D eigenvalue weighted by atomic mass is 10.2. The molecule has 2 rings (SSSR count). The van der Waals surface area contributed by atoms with E-state index in [0.29, 0.717) is 0 Å². The van der Waals surface area contributed by atoms with Crippen molar-refractivity contribution in [3.63, 3.8) is 0 Å². The Morgan fingerprint density at radius 3 is 1.85 bits per heavy atom. The Morgan fingerprint density at radius 2 is 1.50 bits per heavy atom. The molecular formula is C14H14BF3O2. The maximum atomic E-state index is 12.0. The fourth-order valence-corrected chi connectivity index (χ4v) is 1.35. The lowest BCUT2D eigenvalue weighted by Gasteiger charge is -2.07. The molecule has 0 heterocycles. The van der Waals surface area contributed by atoms with Gasteiger partial charge in [0.15, 0.2) is 0 Å². The van der Waals surface area contributed by atoms with Crippen LogP contribution in [0.25, 0.3) is 0 Å². The number of benzene rings is 2. The predicted octanol–water partition coefficient (Wildman–Crippen LogP) is 3.34. The lowest BCUT2D eigenvalue weighted by molar-refractivity contribution is -0.137. The molecule has 0 fully saturated rings. The molecule has 0 aliphatic carbocycles. The van der Waals surface area contributed by atoms with Gasteiger partial charge < -0.3 is 9.68 Å². The molecule has 0 spiro atoms. The smallest absolute Gasteiger partial charge is 0.504 e. The zero-order chi connectivity index (χ0) is 15.0. The van der Waals surface area contributed by atoms with Crippen LogP contribution in [0, 0.1) is 6.92 Å². The Labute approximate surface area is 116 Å². The van der Waals surface area contributed by atoms with Crippen LogP contribution >= 0.6 is 0 Å². The topological polar surface area (TPSA) is 29.5 Å². The van der Waals surface area contributed by atoms with Crippen LogP contribution in [-0.4, -0.2) is 12.7 Å². The maximum Gasteiger partial charge on any atom is 0.504 e. The van der Waals surface area contributed by atoms with Crippen LogP contribution < -0.4 is 4.65 Å². The monoisotopic (exact) mass is 282 g/mol. The molecule has 0 aliphatic heterocycles. The van der Waals surface area contributed by atoms with E-state index in [1.807, 2.05) is 18.2 Å². The van der Waals surface area contributed by atoms with Gasteiger partial charge in [0.05, 0.1) is 5.56 Å². The predicted molar refractivity (Wildman–Crippen MR) is 72.6 cm³/mol. The van der Waals surface area contributed by atoms with E-state index in [1.165, 1.54) is 5.56 Å². The van der Waals surface area contributed by atoms with Crippen LogP contribution in [0.5, 0.6) is 5.75 Å². The largest absolute Gasteiger partial charge is 0.539 e. The van der Waals surface area contributed by atoms with Crippen molar-refractivity contribution in [2.45, 2.75) is 13.1 Å². The van der Waals surface area contributed by atoms with Crippen LogP contribution in [0.2, 0.25) is 0 Å². The van der Waals surface area contributed by atoms with Crippen LogP contribution in [0.3, 0.4) is 0 Å². The number of alkyl halides is 3. The average molecular weight is 282 g/mol.